The molecule has 0 aliphatic rings. The summed E-state index contributed by atoms with van der Waals surface area (Å²) < 4.78 is 0. The summed E-state index contributed by atoms with van der Waals surface area (Å²) in [5.41, 5.74) is 1.24. The van der Waals surface area contributed by atoms with Crippen molar-refractivity contribution in [2.24, 2.45) is 5.92 Å². The topological polar surface area (TPSA) is 41.1 Å². The van der Waals surface area contributed by atoms with E-state index >= 15 is 0 Å². The number of anilines is 2. The van der Waals surface area contributed by atoms with Gasteiger partial charge in [0.25, 0.3) is 0 Å². The summed E-state index contributed by atoms with van der Waals surface area (Å²) in [6, 6.07) is 0. The number of nitrogens with zero attached hydrogens (tertiary/aromatic N) is 3. The molecule has 1 rings (SSSR count). The highest BCUT2D eigenvalue weighted by atomic mass is 15.2. The van der Waals surface area contributed by atoms with Crippen molar-refractivity contribution in [2.75, 3.05) is 29.9 Å². The average molecular weight is 278 g/mol. The van der Waals surface area contributed by atoms with Crippen LogP contribution in [-0.4, -0.2) is 29.6 Å². The number of aromatic nitrogens is 2. The molecular weight excluding hydrogens is 248 g/mol. The number of hydrogen-bond donors (Lipinski definition) is 1. The predicted molar refractivity (Wildman–Crippen MR) is 87.5 cm³/mol. The Kier molecular flexibility index (Phi) is 7.34. The van der Waals surface area contributed by atoms with Crippen LogP contribution >= 0.6 is 0 Å². The van der Waals surface area contributed by atoms with Gasteiger partial charge in [0, 0.05) is 25.2 Å². The van der Waals surface area contributed by atoms with E-state index < -0.39 is 0 Å². The van der Waals surface area contributed by atoms with Gasteiger partial charge in [-0.25, -0.2) is 9.97 Å². The minimum Gasteiger partial charge on any atom is -0.370 e. The highest BCUT2D eigenvalue weighted by Gasteiger charge is 2.17. The molecule has 4 nitrogen and oxygen atoms in total. The molecule has 4 heteroatoms. The summed E-state index contributed by atoms with van der Waals surface area (Å²) in [7, 11) is 0. The monoisotopic (exact) mass is 278 g/mol. The third-order valence-corrected chi connectivity index (χ3v) is 3.93. The minimum atomic E-state index is 0.734. The molecule has 0 spiro atoms. The maximum atomic E-state index is 4.56. The molecule has 0 bridgehead atoms. The molecule has 0 amide bonds. The lowest BCUT2D eigenvalue weighted by Crippen LogP contribution is -2.31. The molecule has 1 heterocycles. The second-order valence-electron chi connectivity index (χ2n) is 5.13. The highest BCUT2D eigenvalue weighted by molar-refractivity contribution is 5.58. The van der Waals surface area contributed by atoms with Crippen LogP contribution in [0.1, 0.15) is 53.0 Å². The van der Waals surface area contributed by atoms with Crippen LogP contribution < -0.4 is 10.2 Å². The Morgan fingerprint density at radius 3 is 2.30 bits per heavy atom. The van der Waals surface area contributed by atoms with E-state index in [9.17, 15) is 0 Å². The van der Waals surface area contributed by atoms with Crippen LogP contribution in [0.3, 0.4) is 0 Å². The highest BCUT2D eigenvalue weighted by Crippen LogP contribution is 2.25. The molecule has 0 unspecified atom stereocenters. The van der Waals surface area contributed by atoms with Crippen LogP contribution in [0.5, 0.6) is 0 Å². The van der Waals surface area contributed by atoms with Gasteiger partial charge in [0.2, 0.25) is 0 Å². The van der Waals surface area contributed by atoms with Gasteiger partial charge in [-0.2, -0.15) is 0 Å². The lowest BCUT2D eigenvalue weighted by atomic mass is 10.0. The van der Waals surface area contributed by atoms with Crippen LogP contribution in [0.2, 0.25) is 0 Å². The molecule has 1 aromatic rings. The van der Waals surface area contributed by atoms with Crippen LogP contribution in [-0.2, 0) is 6.42 Å². The minimum absolute atomic E-state index is 0.734. The third-order valence-electron chi connectivity index (χ3n) is 3.93. The van der Waals surface area contributed by atoms with E-state index in [0.717, 1.165) is 43.6 Å². The Morgan fingerprint density at radius 1 is 1.10 bits per heavy atom. The summed E-state index contributed by atoms with van der Waals surface area (Å²) in [5.74, 6) is 2.83. The molecule has 0 fully saturated rings. The summed E-state index contributed by atoms with van der Waals surface area (Å²) in [4.78, 5) is 11.3. The van der Waals surface area contributed by atoms with Crippen molar-refractivity contribution in [3.63, 3.8) is 0 Å². The van der Waals surface area contributed by atoms with Crippen molar-refractivity contribution in [1.29, 1.82) is 0 Å². The van der Waals surface area contributed by atoms with Gasteiger partial charge in [0.05, 0.1) is 0 Å². The molecule has 0 atom stereocenters. The number of rotatable bonds is 9. The van der Waals surface area contributed by atoms with Crippen molar-refractivity contribution in [3.8, 4) is 0 Å². The summed E-state index contributed by atoms with van der Waals surface area (Å²) in [6.45, 7) is 14.0. The molecule has 0 saturated heterocycles. The van der Waals surface area contributed by atoms with Gasteiger partial charge in [0.1, 0.15) is 18.0 Å². The Hall–Kier alpha value is -1.32. The first-order chi connectivity index (χ1) is 9.71. The SMILES string of the molecule is CCNc1ncnc(N(CC)CC(CC)CC)c1CC. The van der Waals surface area contributed by atoms with Gasteiger partial charge >= 0.3 is 0 Å². The average Bonchev–Trinajstić information content (AvgIpc) is 2.49. The predicted octanol–water partition coefficient (Wildman–Crippen LogP) is 3.73. The maximum absolute atomic E-state index is 4.56. The van der Waals surface area contributed by atoms with Crippen molar-refractivity contribution >= 4 is 11.6 Å². The van der Waals surface area contributed by atoms with Crippen molar-refractivity contribution in [3.05, 3.63) is 11.9 Å². The first-order valence-corrected chi connectivity index (χ1v) is 8.04. The molecule has 20 heavy (non-hydrogen) atoms. The maximum Gasteiger partial charge on any atom is 0.137 e. The standard InChI is InChI=1S/C16H30N4/c1-6-13(7-2)11-20(10-5)16-14(8-3)15(17-9-4)18-12-19-16/h12-13H,6-11H2,1-5H3,(H,17,18,19). The van der Waals surface area contributed by atoms with Gasteiger partial charge in [-0.15, -0.1) is 0 Å². The van der Waals surface area contributed by atoms with E-state index in [2.05, 4.69) is 54.8 Å². The second-order valence-corrected chi connectivity index (χ2v) is 5.13. The molecule has 0 aliphatic heterocycles. The Morgan fingerprint density at radius 2 is 1.80 bits per heavy atom. The molecular formula is C16H30N4. The molecule has 0 aromatic carbocycles. The van der Waals surface area contributed by atoms with Gasteiger partial charge in [-0.05, 0) is 26.2 Å². The van der Waals surface area contributed by atoms with Gasteiger partial charge in [0.15, 0.2) is 0 Å². The Bertz CT molecular complexity index is 388. The fraction of sp³-hybridized carbons (Fsp3) is 0.750. The van der Waals surface area contributed by atoms with E-state index in [4.69, 9.17) is 0 Å². The fourth-order valence-corrected chi connectivity index (χ4v) is 2.54. The molecule has 1 N–H and O–H groups in total. The Balaban J connectivity index is 3.04. The van der Waals surface area contributed by atoms with Crippen LogP contribution in [0.15, 0.2) is 6.33 Å². The first kappa shape index (κ1) is 16.7. The third kappa shape index (κ3) is 4.09. The summed E-state index contributed by atoms with van der Waals surface area (Å²) in [6.07, 6.45) is 5.08. The van der Waals surface area contributed by atoms with E-state index in [1.54, 1.807) is 6.33 Å². The first-order valence-electron chi connectivity index (χ1n) is 8.04. The van der Waals surface area contributed by atoms with Crippen molar-refractivity contribution < 1.29 is 0 Å². The van der Waals surface area contributed by atoms with Gasteiger partial charge in [-0.3, -0.25) is 0 Å². The van der Waals surface area contributed by atoms with E-state index in [1.807, 2.05) is 0 Å². The van der Waals surface area contributed by atoms with Crippen LogP contribution in [0.25, 0.3) is 0 Å². The normalized spacial score (nSPS) is 10.9. The summed E-state index contributed by atoms with van der Waals surface area (Å²) in [5, 5.41) is 3.35. The number of nitrogens with one attached hydrogen (secondary N) is 1. The lowest BCUT2D eigenvalue weighted by Gasteiger charge is -2.28. The van der Waals surface area contributed by atoms with Gasteiger partial charge in [-0.1, -0.05) is 33.6 Å². The van der Waals surface area contributed by atoms with E-state index in [0.29, 0.717) is 0 Å². The van der Waals surface area contributed by atoms with E-state index in [-0.39, 0.29) is 0 Å². The fourth-order valence-electron chi connectivity index (χ4n) is 2.54. The van der Waals surface area contributed by atoms with Crippen molar-refractivity contribution in [1.82, 2.24) is 9.97 Å². The number of hydrogen-bond acceptors (Lipinski definition) is 4. The van der Waals surface area contributed by atoms with Crippen molar-refractivity contribution in [2.45, 2.75) is 53.9 Å². The molecule has 0 aliphatic carbocycles. The quantitative estimate of drug-likeness (QED) is 0.747. The molecule has 0 radical (unpaired) electrons. The molecule has 0 saturated carbocycles. The van der Waals surface area contributed by atoms with E-state index in [1.165, 1.54) is 18.4 Å². The summed E-state index contributed by atoms with van der Waals surface area (Å²) >= 11 is 0. The Labute approximate surface area is 124 Å². The zero-order valence-electron chi connectivity index (χ0n) is 13.7. The lowest BCUT2D eigenvalue weighted by molar-refractivity contribution is 0.484. The largest absolute Gasteiger partial charge is 0.370 e. The van der Waals surface area contributed by atoms with Gasteiger partial charge < -0.3 is 10.2 Å². The second kappa shape index (κ2) is 8.77. The van der Waals surface area contributed by atoms with Crippen LogP contribution in [0.4, 0.5) is 11.6 Å². The zero-order valence-corrected chi connectivity index (χ0v) is 13.7. The molecule has 1 aromatic heterocycles. The molecule has 114 valence electrons. The smallest absolute Gasteiger partial charge is 0.137 e. The van der Waals surface area contributed by atoms with Crippen LogP contribution in [0, 0.1) is 5.92 Å². The zero-order chi connectivity index (χ0) is 15.0.